The van der Waals surface area contributed by atoms with E-state index in [4.69, 9.17) is 4.74 Å². The molecular weight excluding hydrogens is 849 g/mol. The van der Waals surface area contributed by atoms with E-state index in [9.17, 15) is 29.4 Å². The van der Waals surface area contributed by atoms with Crippen LogP contribution in [0.5, 0.6) is 5.75 Å². The fourth-order valence-electron chi connectivity index (χ4n) is 17.5. The van der Waals surface area contributed by atoms with Gasteiger partial charge in [-0.1, -0.05) is 26.0 Å². The number of fused-ring (bicyclic) bond motifs is 10. The first kappa shape index (κ1) is 46.7. The van der Waals surface area contributed by atoms with E-state index in [1.54, 1.807) is 7.11 Å². The summed E-state index contributed by atoms with van der Waals surface area (Å²) in [6.07, 6.45) is 19.8. The molecule has 8 aliphatic carbocycles. The summed E-state index contributed by atoms with van der Waals surface area (Å²) in [6, 6.07) is 7.50. The Balaban J connectivity index is 0.000000162. The second-order valence-electron chi connectivity index (χ2n) is 24.2. The number of H-pyrrole nitrogens is 1. The zero-order valence-electron chi connectivity index (χ0n) is 40.7. The van der Waals surface area contributed by atoms with Crippen molar-refractivity contribution in [2.45, 2.75) is 174 Å². The summed E-state index contributed by atoms with van der Waals surface area (Å²) in [5.74, 6) is 8.05. The number of methoxy groups -OCH3 is 1. The van der Waals surface area contributed by atoms with Gasteiger partial charge >= 0.3 is 11.4 Å². The SMILES string of the molecule is COc1ccc(Cn2nnn(CC(=O)[C@H]3CC[C@H]4[C@@H]5CC[C@@H]6C[C@](C)(O)CC[C@@H]6[C@H]5CC[C@]34C)c2=O)cc1.C[C@@]1(O)CC[C@H]2[C@H](CC[C@@H]3[C@@H]2CC[C@]2(C)[C@@H](C(=O)Cn4nn[nH]c4=O)CC[C@@H]32)C1. The largest absolute Gasteiger partial charge is 0.497 e. The van der Waals surface area contributed by atoms with Gasteiger partial charge in [0.1, 0.15) is 18.8 Å². The Morgan fingerprint density at radius 2 is 1.10 bits per heavy atom. The Hall–Kier alpha value is -3.98. The van der Waals surface area contributed by atoms with Crippen LogP contribution in [-0.2, 0) is 29.2 Å². The van der Waals surface area contributed by atoms with Crippen molar-refractivity contribution >= 4 is 11.6 Å². The molecular formula is C52H76N8O7. The molecule has 67 heavy (non-hydrogen) atoms. The van der Waals surface area contributed by atoms with E-state index in [0.717, 1.165) is 116 Å². The molecule has 11 rings (SSSR count). The molecule has 3 N–H and O–H groups in total. The molecule has 0 aliphatic heterocycles. The number of aromatic amines is 1. The highest BCUT2D eigenvalue weighted by Gasteiger charge is 2.60. The monoisotopic (exact) mass is 925 g/mol. The van der Waals surface area contributed by atoms with Crippen LogP contribution < -0.4 is 16.1 Å². The molecule has 8 aliphatic rings. The highest BCUT2D eigenvalue weighted by atomic mass is 16.5. The smallest absolute Gasteiger partial charge is 0.364 e. The van der Waals surface area contributed by atoms with Gasteiger partial charge in [-0.05, 0) is 238 Å². The number of ether oxygens (including phenoxy) is 1. The number of ketones is 2. The first-order chi connectivity index (χ1) is 32.0. The molecule has 15 heteroatoms. The highest BCUT2D eigenvalue weighted by Crippen LogP contribution is 2.66. The van der Waals surface area contributed by atoms with Crippen LogP contribution in [0.15, 0.2) is 33.9 Å². The third kappa shape index (κ3) is 8.62. The van der Waals surface area contributed by atoms with E-state index in [2.05, 4.69) is 39.8 Å². The van der Waals surface area contributed by atoms with Gasteiger partial charge in [0.25, 0.3) is 0 Å². The Morgan fingerprint density at radius 3 is 1.60 bits per heavy atom. The van der Waals surface area contributed by atoms with Crippen molar-refractivity contribution in [2.24, 2.45) is 81.8 Å². The standard InChI is InChI=1S/C30H42N4O4.C22H34N4O3/c1-29(37)14-12-22-20(16-29)6-9-24-23(22)13-15-30(2)25(24)10-11-26(30)27(35)18-34-28(36)33(31-32-34)17-19-4-7-21(38-3)8-5-19;1-21(29)9-7-14-13(11-21)3-4-16-15(14)8-10-22(2)17(16)5-6-18(22)19(27)12-26-20(28)23-24-25-26/h4-5,7-8,20,22-26,37H,6,9-18H2,1-3H3;13-18,29H,3-12H2,1-2H3,(H,23,25,28)/t20-,22+,23-,24-,25+,26-,29-,30+;13-,14+,15-,16-,17+,18-,21-,22+/m11/s1. The van der Waals surface area contributed by atoms with E-state index >= 15 is 0 Å². The van der Waals surface area contributed by atoms with E-state index in [1.807, 2.05) is 38.1 Å². The number of aromatic nitrogens is 8. The van der Waals surface area contributed by atoms with E-state index < -0.39 is 16.9 Å². The minimum absolute atomic E-state index is 0.00228. The van der Waals surface area contributed by atoms with Crippen LogP contribution in [0.4, 0.5) is 0 Å². The molecule has 2 aromatic heterocycles. The fourth-order valence-corrected chi connectivity index (χ4v) is 17.5. The summed E-state index contributed by atoms with van der Waals surface area (Å²) in [5, 5.41) is 38.8. The zero-order valence-corrected chi connectivity index (χ0v) is 40.7. The van der Waals surface area contributed by atoms with Crippen LogP contribution in [0.3, 0.4) is 0 Å². The molecule has 0 amide bonds. The van der Waals surface area contributed by atoms with E-state index in [1.165, 1.54) is 54.3 Å². The van der Waals surface area contributed by atoms with Gasteiger partial charge in [-0.25, -0.2) is 14.7 Å². The fraction of sp³-hybridized carbons (Fsp3) is 0.808. The summed E-state index contributed by atoms with van der Waals surface area (Å²) >= 11 is 0. The number of tetrazole rings is 2. The summed E-state index contributed by atoms with van der Waals surface area (Å²) in [7, 11) is 1.62. The summed E-state index contributed by atoms with van der Waals surface area (Å²) in [6.45, 7) is 9.07. The lowest BCUT2D eigenvalue weighted by atomic mass is 9.49. The van der Waals surface area contributed by atoms with Gasteiger partial charge in [0.15, 0.2) is 11.6 Å². The van der Waals surface area contributed by atoms with Crippen LogP contribution >= 0.6 is 0 Å². The van der Waals surface area contributed by atoms with Gasteiger partial charge in [-0.15, -0.1) is 0 Å². The van der Waals surface area contributed by atoms with Crippen molar-refractivity contribution in [3.05, 3.63) is 50.8 Å². The van der Waals surface area contributed by atoms with Gasteiger partial charge in [0.05, 0.1) is 24.9 Å². The van der Waals surface area contributed by atoms with Crippen molar-refractivity contribution in [3.63, 3.8) is 0 Å². The average molecular weight is 925 g/mol. The first-order valence-electron chi connectivity index (χ1n) is 26.1. The molecule has 3 aromatic rings. The highest BCUT2D eigenvalue weighted by molar-refractivity contribution is 5.82. The minimum Gasteiger partial charge on any atom is -0.497 e. The van der Waals surface area contributed by atoms with Crippen LogP contribution in [0.25, 0.3) is 0 Å². The number of hydrogen-bond acceptors (Lipinski definition) is 11. The molecule has 0 radical (unpaired) electrons. The van der Waals surface area contributed by atoms with E-state index in [-0.39, 0.29) is 53.0 Å². The summed E-state index contributed by atoms with van der Waals surface area (Å²) in [5.41, 5.74) is -0.729. The lowest BCUT2D eigenvalue weighted by Crippen LogP contribution is -2.51. The maximum Gasteiger partial charge on any atom is 0.364 e. The molecule has 0 saturated heterocycles. The van der Waals surface area contributed by atoms with Gasteiger partial charge in [0, 0.05) is 11.8 Å². The Kier molecular flexibility index (Phi) is 12.4. The van der Waals surface area contributed by atoms with Crippen LogP contribution in [-0.4, -0.2) is 80.1 Å². The second-order valence-corrected chi connectivity index (χ2v) is 24.2. The van der Waals surface area contributed by atoms with E-state index in [0.29, 0.717) is 36.1 Å². The maximum atomic E-state index is 13.6. The predicted molar refractivity (Wildman–Crippen MR) is 249 cm³/mol. The first-order valence-corrected chi connectivity index (χ1v) is 26.1. The lowest BCUT2D eigenvalue weighted by molar-refractivity contribution is -0.133. The third-order valence-electron chi connectivity index (χ3n) is 20.6. The van der Waals surface area contributed by atoms with Gasteiger partial charge in [-0.3, -0.25) is 9.59 Å². The van der Waals surface area contributed by atoms with Gasteiger partial charge in [-0.2, -0.15) is 14.0 Å². The Bertz CT molecular complexity index is 2400. The molecule has 2 heterocycles. The minimum atomic E-state index is -0.489. The molecule has 15 nitrogen and oxygen atoms in total. The van der Waals surface area contributed by atoms with Crippen molar-refractivity contribution in [3.8, 4) is 5.75 Å². The molecule has 1 aromatic carbocycles. The topological polar surface area (TPSA) is 200 Å². The number of Topliss-reactive ketones (excluding diaryl/α,β-unsaturated/α-hetero) is 2. The molecule has 0 bridgehead atoms. The van der Waals surface area contributed by atoms with Crippen LogP contribution in [0.2, 0.25) is 0 Å². The number of hydrogen-bond donors (Lipinski definition) is 3. The molecule has 0 spiro atoms. The number of benzene rings is 1. The van der Waals surface area contributed by atoms with Crippen molar-refractivity contribution in [1.29, 1.82) is 0 Å². The number of aliphatic hydroxyl groups is 2. The van der Waals surface area contributed by atoms with Crippen molar-refractivity contribution < 1.29 is 24.5 Å². The normalized spacial score (nSPS) is 41.8. The zero-order chi connectivity index (χ0) is 47.0. The van der Waals surface area contributed by atoms with Crippen LogP contribution in [0.1, 0.15) is 149 Å². The Morgan fingerprint density at radius 1 is 0.612 bits per heavy atom. The average Bonchev–Trinajstić information content (AvgIpc) is 4.06. The second kappa shape index (κ2) is 17.8. The van der Waals surface area contributed by atoms with Crippen molar-refractivity contribution in [1.82, 2.24) is 40.0 Å². The lowest BCUT2D eigenvalue weighted by Gasteiger charge is -2.56. The number of nitrogens with one attached hydrogen (secondary N) is 1. The summed E-state index contributed by atoms with van der Waals surface area (Å²) in [4.78, 5) is 51.5. The van der Waals surface area contributed by atoms with Gasteiger partial charge in [0.2, 0.25) is 0 Å². The molecule has 8 saturated carbocycles. The predicted octanol–water partition coefficient (Wildman–Crippen LogP) is 6.64. The Labute approximate surface area is 394 Å². The number of carbonyl (C=O) groups excluding carboxylic acids is 2. The maximum absolute atomic E-state index is 13.6. The van der Waals surface area contributed by atoms with Crippen molar-refractivity contribution in [2.75, 3.05) is 7.11 Å². The molecule has 366 valence electrons. The van der Waals surface area contributed by atoms with Crippen LogP contribution in [0, 0.1) is 81.8 Å². The molecule has 0 unspecified atom stereocenters. The quantitative estimate of drug-likeness (QED) is 0.208. The summed E-state index contributed by atoms with van der Waals surface area (Å²) < 4.78 is 8.92. The van der Waals surface area contributed by atoms with Gasteiger partial charge < -0.3 is 14.9 Å². The molecule has 8 fully saturated rings. The molecule has 16 atom stereocenters. The number of nitrogens with zero attached hydrogens (tertiary/aromatic N) is 7. The third-order valence-corrected chi connectivity index (χ3v) is 20.6. The number of carbonyl (C=O) groups is 2. The number of rotatable bonds is 9.